The standard InChI is InChI=1S/C11H10F3NO2/c1-15-7-3-2-4-8(16)10(7)6(5-9(15)17)11(12,13)14/h5H,2-4H2,1H3. The van der Waals surface area contributed by atoms with Crippen molar-refractivity contribution in [1.29, 1.82) is 0 Å². The molecule has 0 spiro atoms. The third-order valence-corrected chi connectivity index (χ3v) is 2.96. The van der Waals surface area contributed by atoms with Gasteiger partial charge in [-0.2, -0.15) is 13.2 Å². The van der Waals surface area contributed by atoms with Crippen LogP contribution in [-0.2, 0) is 19.6 Å². The lowest BCUT2D eigenvalue weighted by atomic mass is 9.90. The fourth-order valence-electron chi connectivity index (χ4n) is 2.12. The summed E-state index contributed by atoms with van der Waals surface area (Å²) in [4.78, 5) is 23.0. The summed E-state index contributed by atoms with van der Waals surface area (Å²) in [6.07, 6.45) is -3.74. The second-order valence-electron chi connectivity index (χ2n) is 4.05. The molecule has 1 heterocycles. The molecule has 0 aromatic carbocycles. The lowest BCUT2D eigenvalue weighted by Gasteiger charge is -2.21. The van der Waals surface area contributed by atoms with E-state index in [2.05, 4.69) is 0 Å². The van der Waals surface area contributed by atoms with Gasteiger partial charge in [-0.05, 0) is 12.8 Å². The zero-order valence-electron chi connectivity index (χ0n) is 9.10. The van der Waals surface area contributed by atoms with E-state index in [4.69, 9.17) is 0 Å². The highest BCUT2D eigenvalue weighted by atomic mass is 19.4. The molecule has 0 atom stereocenters. The van der Waals surface area contributed by atoms with Crippen molar-refractivity contribution in [2.24, 2.45) is 7.05 Å². The fraction of sp³-hybridized carbons (Fsp3) is 0.455. The lowest BCUT2D eigenvalue weighted by Crippen LogP contribution is -2.30. The lowest BCUT2D eigenvalue weighted by molar-refractivity contribution is -0.138. The number of carbonyl (C=O) groups is 1. The summed E-state index contributed by atoms with van der Waals surface area (Å²) in [5.41, 5.74) is -1.96. The van der Waals surface area contributed by atoms with E-state index >= 15 is 0 Å². The Kier molecular flexibility index (Phi) is 2.60. The van der Waals surface area contributed by atoms with Gasteiger partial charge in [-0.3, -0.25) is 9.59 Å². The minimum atomic E-state index is -4.66. The number of ketones is 1. The zero-order chi connectivity index (χ0) is 12.8. The average Bonchev–Trinajstić information content (AvgIpc) is 2.22. The van der Waals surface area contributed by atoms with Gasteiger partial charge in [0.05, 0.1) is 5.56 Å². The van der Waals surface area contributed by atoms with E-state index in [0.717, 1.165) is 4.57 Å². The highest BCUT2D eigenvalue weighted by Gasteiger charge is 2.38. The molecule has 0 amide bonds. The summed E-state index contributed by atoms with van der Waals surface area (Å²) in [6.45, 7) is 0. The Morgan fingerprint density at radius 1 is 1.24 bits per heavy atom. The van der Waals surface area contributed by atoms with Crippen LogP contribution in [0, 0.1) is 0 Å². The van der Waals surface area contributed by atoms with E-state index in [1.807, 2.05) is 0 Å². The molecule has 0 bridgehead atoms. The third kappa shape index (κ3) is 1.87. The summed E-state index contributed by atoms with van der Waals surface area (Å²) in [5.74, 6) is -0.533. The van der Waals surface area contributed by atoms with Gasteiger partial charge in [-0.25, -0.2) is 0 Å². The quantitative estimate of drug-likeness (QED) is 0.700. The van der Waals surface area contributed by atoms with Crippen LogP contribution in [0.25, 0.3) is 0 Å². The van der Waals surface area contributed by atoms with Gasteiger partial charge in [0.1, 0.15) is 0 Å². The molecule has 0 saturated heterocycles. The molecule has 0 N–H and O–H groups in total. The van der Waals surface area contributed by atoms with Crippen molar-refractivity contribution in [3.63, 3.8) is 0 Å². The second-order valence-corrected chi connectivity index (χ2v) is 4.05. The van der Waals surface area contributed by atoms with Gasteiger partial charge >= 0.3 is 6.18 Å². The van der Waals surface area contributed by atoms with Crippen LogP contribution in [0.1, 0.15) is 34.5 Å². The van der Waals surface area contributed by atoms with Crippen molar-refractivity contribution in [1.82, 2.24) is 4.57 Å². The number of pyridine rings is 1. The zero-order valence-corrected chi connectivity index (χ0v) is 9.10. The maximum Gasteiger partial charge on any atom is 0.417 e. The molecule has 1 aromatic rings. The van der Waals surface area contributed by atoms with Crippen LogP contribution in [0.15, 0.2) is 10.9 Å². The van der Waals surface area contributed by atoms with E-state index in [1.165, 1.54) is 7.05 Å². The van der Waals surface area contributed by atoms with Crippen molar-refractivity contribution in [2.45, 2.75) is 25.4 Å². The second kappa shape index (κ2) is 3.72. The Morgan fingerprint density at radius 2 is 1.88 bits per heavy atom. The SMILES string of the molecule is Cn1c2c(c(C(F)(F)F)cc1=O)C(=O)CCC2. The maximum absolute atomic E-state index is 12.8. The fourth-order valence-corrected chi connectivity index (χ4v) is 2.12. The van der Waals surface area contributed by atoms with Crippen molar-refractivity contribution in [3.8, 4) is 0 Å². The topological polar surface area (TPSA) is 39.1 Å². The largest absolute Gasteiger partial charge is 0.417 e. The Hall–Kier alpha value is -1.59. The number of nitrogens with zero attached hydrogens (tertiary/aromatic N) is 1. The molecule has 0 fully saturated rings. The summed E-state index contributed by atoms with van der Waals surface area (Å²) < 4.78 is 39.4. The van der Waals surface area contributed by atoms with Gasteiger partial charge in [0.15, 0.2) is 5.78 Å². The minimum Gasteiger partial charge on any atom is -0.315 e. The number of fused-ring (bicyclic) bond motifs is 1. The summed E-state index contributed by atoms with van der Waals surface area (Å²) in [7, 11) is 1.39. The van der Waals surface area contributed by atoms with Crippen molar-refractivity contribution < 1.29 is 18.0 Å². The Labute approximate surface area is 94.9 Å². The van der Waals surface area contributed by atoms with E-state index in [1.54, 1.807) is 0 Å². The van der Waals surface area contributed by atoms with Crippen LogP contribution in [0.4, 0.5) is 13.2 Å². The molecule has 92 valence electrons. The number of hydrogen-bond acceptors (Lipinski definition) is 2. The first-order valence-corrected chi connectivity index (χ1v) is 5.15. The first-order chi connectivity index (χ1) is 7.82. The predicted octanol–water partition coefficient (Wildman–Crippen LogP) is 1.92. The molecule has 0 saturated carbocycles. The van der Waals surface area contributed by atoms with E-state index < -0.39 is 23.1 Å². The number of halogens is 3. The van der Waals surface area contributed by atoms with Crippen molar-refractivity contribution in [3.05, 3.63) is 33.2 Å². The molecule has 6 heteroatoms. The van der Waals surface area contributed by atoms with Crippen LogP contribution >= 0.6 is 0 Å². The third-order valence-electron chi connectivity index (χ3n) is 2.96. The van der Waals surface area contributed by atoms with Crippen LogP contribution in [0.5, 0.6) is 0 Å². The average molecular weight is 245 g/mol. The molecule has 1 aliphatic rings. The molecule has 2 rings (SSSR count). The van der Waals surface area contributed by atoms with E-state index in [9.17, 15) is 22.8 Å². The van der Waals surface area contributed by atoms with Gasteiger partial charge in [-0.15, -0.1) is 0 Å². The van der Waals surface area contributed by atoms with Gasteiger partial charge in [0, 0.05) is 30.8 Å². The minimum absolute atomic E-state index is 0.105. The van der Waals surface area contributed by atoms with E-state index in [-0.39, 0.29) is 17.7 Å². The highest BCUT2D eigenvalue weighted by molar-refractivity contribution is 5.99. The predicted molar refractivity (Wildman–Crippen MR) is 54.0 cm³/mol. The molecule has 17 heavy (non-hydrogen) atoms. The maximum atomic E-state index is 12.8. The van der Waals surface area contributed by atoms with Gasteiger partial charge in [-0.1, -0.05) is 0 Å². The summed E-state index contributed by atoms with van der Waals surface area (Å²) >= 11 is 0. The van der Waals surface area contributed by atoms with Crippen LogP contribution < -0.4 is 5.56 Å². The number of Topliss-reactive ketones (excluding diaryl/α,β-unsaturated/α-hetero) is 1. The van der Waals surface area contributed by atoms with Gasteiger partial charge in [0.2, 0.25) is 0 Å². The highest BCUT2D eigenvalue weighted by Crippen LogP contribution is 2.35. The Bertz CT molecular complexity index is 543. The Balaban J connectivity index is 2.82. The molecular weight excluding hydrogens is 235 g/mol. The van der Waals surface area contributed by atoms with Crippen LogP contribution in [-0.4, -0.2) is 10.4 Å². The smallest absolute Gasteiger partial charge is 0.315 e. The monoisotopic (exact) mass is 245 g/mol. The first kappa shape index (κ1) is 11.9. The summed E-state index contributed by atoms with van der Waals surface area (Å²) in [6, 6.07) is 0.502. The summed E-state index contributed by atoms with van der Waals surface area (Å²) in [5, 5.41) is 0. The molecular formula is C11H10F3NO2. The Morgan fingerprint density at radius 3 is 2.47 bits per heavy atom. The van der Waals surface area contributed by atoms with E-state index in [0.29, 0.717) is 18.9 Å². The molecule has 3 nitrogen and oxygen atoms in total. The van der Waals surface area contributed by atoms with Gasteiger partial charge in [0.25, 0.3) is 5.56 Å². The van der Waals surface area contributed by atoms with Crippen LogP contribution in [0.2, 0.25) is 0 Å². The number of rotatable bonds is 0. The normalized spacial score (nSPS) is 15.9. The number of alkyl halides is 3. The van der Waals surface area contributed by atoms with Crippen LogP contribution in [0.3, 0.4) is 0 Å². The molecule has 1 aliphatic carbocycles. The number of hydrogen-bond donors (Lipinski definition) is 0. The van der Waals surface area contributed by atoms with Crippen molar-refractivity contribution >= 4 is 5.78 Å². The number of aromatic nitrogens is 1. The first-order valence-electron chi connectivity index (χ1n) is 5.15. The van der Waals surface area contributed by atoms with Gasteiger partial charge < -0.3 is 4.57 Å². The molecule has 0 radical (unpaired) electrons. The molecule has 0 aliphatic heterocycles. The molecule has 1 aromatic heterocycles. The number of carbonyl (C=O) groups excluding carboxylic acids is 1. The molecule has 0 unspecified atom stereocenters. The van der Waals surface area contributed by atoms with Crippen molar-refractivity contribution in [2.75, 3.05) is 0 Å².